The molecule has 1 amide bonds. The van der Waals surface area contributed by atoms with Crippen LogP contribution in [-0.2, 0) is 0 Å². The van der Waals surface area contributed by atoms with E-state index in [9.17, 15) is 4.79 Å². The Morgan fingerprint density at radius 2 is 1.81 bits per heavy atom. The van der Waals surface area contributed by atoms with Crippen molar-refractivity contribution in [3.05, 3.63) is 63.6 Å². The molecule has 0 aliphatic heterocycles. The molecule has 0 atom stereocenters. The van der Waals surface area contributed by atoms with Gasteiger partial charge in [-0.15, -0.1) is 0 Å². The van der Waals surface area contributed by atoms with Crippen LogP contribution in [0.2, 0.25) is 0 Å². The largest absolute Gasteiger partial charge is 0.368 e. The normalized spacial score (nSPS) is 10.7. The summed E-state index contributed by atoms with van der Waals surface area (Å²) in [6.45, 7) is 6.81. The van der Waals surface area contributed by atoms with Gasteiger partial charge in [0.2, 0.25) is 0 Å². The van der Waals surface area contributed by atoms with E-state index >= 15 is 0 Å². The van der Waals surface area contributed by atoms with Crippen molar-refractivity contribution in [1.82, 2.24) is 25.1 Å². The quantitative estimate of drug-likeness (QED) is 0.588. The van der Waals surface area contributed by atoms with Gasteiger partial charge >= 0.3 is 0 Å². The number of amides is 1. The molecular weight excluding hydrogens is 408 g/mol. The Kier molecular flexibility index (Phi) is 5.85. The average Bonchev–Trinajstić information content (AvgIpc) is 2.97. The van der Waals surface area contributed by atoms with Gasteiger partial charge in [0.1, 0.15) is 11.6 Å². The molecule has 0 radical (unpaired) electrons. The highest BCUT2D eigenvalue weighted by Gasteiger charge is 2.09. The monoisotopic (exact) mass is 428 g/mol. The molecule has 3 rings (SSSR count). The van der Waals surface area contributed by atoms with Crippen molar-refractivity contribution >= 4 is 27.7 Å². The Bertz CT molecular complexity index is 951. The summed E-state index contributed by atoms with van der Waals surface area (Å²) in [5, 5.41) is 10.6. The predicted octanol–water partition coefficient (Wildman–Crippen LogP) is 3.19. The first-order valence-corrected chi connectivity index (χ1v) is 9.38. The third-order valence-electron chi connectivity index (χ3n) is 3.87. The van der Waals surface area contributed by atoms with Crippen LogP contribution in [0.4, 0.5) is 5.82 Å². The fraction of sp³-hybridized carbons (Fsp3) is 0.263. The number of nitrogens with zero attached hydrogens (tertiary/aromatic N) is 4. The number of aryl methyl sites for hydroxylation is 3. The molecule has 2 heterocycles. The van der Waals surface area contributed by atoms with Crippen molar-refractivity contribution in [3.63, 3.8) is 0 Å². The second-order valence-corrected chi connectivity index (χ2v) is 7.10. The number of carbonyl (C=O) groups is 1. The third-order valence-corrected chi connectivity index (χ3v) is 4.40. The molecular formula is C19H21BrN6O. The molecule has 0 saturated carbocycles. The third kappa shape index (κ3) is 4.91. The maximum Gasteiger partial charge on any atom is 0.251 e. The standard InChI is InChI=1S/C19H21BrN6O/c1-12-10-13(2)26(25-12)18-11-17(23-14(3)24-18)21-8-9-22-19(27)15-4-6-16(20)7-5-15/h4-7,10-11H,8-9H2,1-3H3,(H,22,27)(H,21,23,24). The van der Waals surface area contributed by atoms with Crippen LogP contribution in [0, 0.1) is 20.8 Å². The van der Waals surface area contributed by atoms with Gasteiger partial charge in [0.05, 0.1) is 5.69 Å². The number of carbonyl (C=O) groups excluding carboxylic acids is 1. The number of rotatable bonds is 6. The van der Waals surface area contributed by atoms with Crippen LogP contribution in [0.15, 0.2) is 40.9 Å². The molecule has 7 nitrogen and oxygen atoms in total. The van der Waals surface area contributed by atoms with Crippen molar-refractivity contribution < 1.29 is 4.79 Å². The minimum absolute atomic E-state index is 0.105. The molecule has 0 aliphatic rings. The van der Waals surface area contributed by atoms with E-state index in [2.05, 4.69) is 41.6 Å². The Hall–Kier alpha value is -2.74. The van der Waals surface area contributed by atoms with Crippen molar-refractivity contribution in [2.24, 2.45) is 0 Å². The molecule has 0 unspecified atom stereocenters. The van der Waals surface area contributed by atoms with Crippen LogP contribution in [0.3, 0.4) is 0 Å². The fourth-order valence-electron chi connectivity index (χ4n) is 2.68. The first-order chi connectivity index (χ1) is 12.9. The summed E-state index contributed by atoms with van der Waals surface area (Å²) in [6, 6.07) is 11.1. The van der Waals surface area contributed by atoms with Crippen LogP contribution in [-0.4, -0.2) is 38.7 Å². The van der Waals surface area contributed by atoms with E-state index in [1.54, 1.807) is 16.8 Å². The van der Waals surface area contributed by atoms with Crippen LogP contribution in [0.5, 0.6) is 0 Å². The van der Waals surface area contributed by atoms with Gasteiger partial charge < -0.3 is 10.6 Å². The van der Waals surface area contributed by atoms with Gasteiger partial charge in [0.15, 0.2) is 5.82 Å². The van der Waals surface area contributed by atoms with E-state index in [-0.39, 0.29) is 5.91 Å². The zero-order chi connectivity index (χ0) is 19.4. The highest BCUT2D eigenvalue weighted by Crippen LogP contribution is 2.14. The second-order valence-electron chi connectivity index (χ2n) is 6.19. The molecule has 3 aromatic rings. The Balaban J connectivity index is 1.59. The minimum Gasteiger partial charge on any atom is -0.368 e. The van der Waals surface area contributed by atoms with E-state index < -0.39 is 0 Å². The maximum atomic E-state index is 12.1. The fourth-order valence-corrected chi connectivity index (χ4v) is 2.95. The highest BCUT2D eigenvalue weighted by molar-refractivity contribution is 9.10. The lowest BCUT2D eigenvalue weighted by atomic mass is 10.2. The number of halogens is 1. The lowest BCUT2D eigenvalue weighted by molar-refractivity contribution is 0.0955. The van der Waals surface area contributed by atoms with Gasteiger partial charge in [0.25, 0.3) is 5.91 Å². The predicted molar refractivity (Wildman–Crippen MR) is 108 cm³/mol. The van der Waals surface area contributed by atoms with E-state index in [0.29, 0.717) is 30.3 Å². The molecule has 0 aliphatic carbocycles. The van der Waals surface area contributed by atoms with Crippen LogP contribution in [0.25, 0.3) is 5.82 Å². The highest BCUT2D eigenvalue weighted by atomic mass is 79.9. The SMILES string of the molecule is Cc1cc(C)n(-c2cc(NCCNC(=O)c3ccc(Br)cc3)nc(C)n2)n1. The number of hydrogen-bond acceptors (Lipinski definition) is 5. The summed E-state index contributed by atoms with van der Waals surface area (Å²) >= 11 is 3.36. The molecule has 140 valence electrons. The molecule has 8 heteroatoms. The Labute approximate surface area is 166 Å². The topological polar surface area (TPSA) is 84.7 Å². The van der Waals surface area contributed by atoms with E-state index in [1.807, 2.05) is 45.0 Å². The number of aromatic nitrogens is 4. The molecule has 1 aromatic carbocycles. The molecule has 27 heavy (non-hydrogen) atoms. The molecule has 0 bridgehead atoms. The van der Waals surface area contributed by atoms with Crippen LogP contribution in [0.1, 0.15) is 27.6 Å². The first kappa shape index (κ1) is 19.0. The van der Waals surface area contributed by atoms with Gasteiger partial charge in [0, 0.05) is 34.9 Å². The molecule has 2 N–H and O–H groups in total. The summed E-state index contributed by atoms with van der Waals surface area (Å²) in [5.74, 6) is 1.96. The van der Waals surface area contributed by atoms with Crippen LogP contribution < -0.4 is 10.6 Å². The minimum atomic E-state index is -0.105. The Morgan fingerprint density at radius 1 is 1.07 bits per heavy atom. The van der Waals surface area contributed by atoms with Gasteiger partial charge in [-0.05, 0) is 51.1 Å². The number of hydrogen-bond donors (Lipinski definition) is 2. The molecule has 0 saturated heterocycles. The molecule has 2 aromatic heterocycles. The van der Waals surface area contributed by atoms with E-state index in [4.69, 9.17) is 0 Å². The van der Waals surface area contributed by atoms with Crippen molar-refractivity contribution in [3.8, 4) is 5.82 Å². The first-order valence-electron chi connectivity index (χ1n) is 8.59. The molecule has 0 spiro atoms. The summed E-state index contributed by atoms with van der Waals surface area (Å²) in [7, 11) is 0. The summed E-state index contributed by atoms with van der Waals surface area (Å²) in [4.78, 5) is 21.0. The van der Waals surface area contributed by atoms with Crippen molar-refractivity contribution in [1.29, 1.82) is 0 Å². The Morgan fingerprint density at radius 3 is 2.48 bits per heavy atom. The lowest BCUT2D eigenvalue weighted by Gasteiger charge is -2.10. The summed E-state index contributed by atoms with van der Waals surface area (Å²) in [6.07, 6.45) is 0. The van der Waals surface area contributed by atoms with Gasteiger partial charge in [-0.3, -0.25) is 4.79 Å². The van der Waals surface area contributed by atoms with Gasteiger partial charge in [-0.2, -0.15) is 5.10 Å². The number of anilines is 1. The molecule has 0 fully saturated rings. The lowest BCUT2D eigenvalue weighted by Crippen LogP contribution is -2.28. The van der Waals surface area contributed by atoms with Gasteiger partial charge in [-0.1, -0.05) is 15.9 Å². The zero-order valence-electron chi connectivity index (χ0n) is 15.5. The van der Waals surface area contributed by atoms with Crippen LogP contribution >= 0.6 is 15.9 Å². The smallest absolute Gasteiger partial charge is 0.251 e. The second kappa shape index (κ2) is 8.30. The maximum absolute atomic E-state index is 12.1. The van der Waals surface area contributed by atoms with E-state index in [1.165, 1.54) is 0 Å². The summed E-state index contributed by atoms with van der Waals surface area (Å²) in [5.41, 5.74) is 2.58. The zero-order valence-corrected chi connectivity index (χ0v) is 17.0. The van der Waals surface area contributed by atoms with Crippen molar-refractivity contribution in [2.75, 3.05) is 18.4 Å². The average molecular weight is 429 g/mol. The number of benzene rings is 1. The van der Waals surface area contributed by atoms with E-state index in [0.717, 1.165) is 21.7 Å². The summed E-state index contributed by atoms with van der Waals surface area (Å²) < 4.78 is 2.74. The van der Waals surface area contributed by atoms with Crippen molar-refractivity contribution in [2.45, 2.75) is 20.8 Å². The van der Waals surface area contributed by atoms with Gasteiger partial charge in [-0.25, -0.2) is 14.6 Å². The number of nitrogens with one attached hydrogen (secondary N) is 2.